The number of non-ortho nitro benzene ring substituents is 1. The molecule has 134 valence electrons. The molecule has 1 aromatic carbocycles. The summed E-state index contributed by atoms with van der Waals surface area (Å²) in [4.78, 5) is 14.3. The fraction of sp³-hybridized carbons (Fsp3) is 0.235. The third kappa shape index (κ3) is 4.37. The van der Waals surface area contributed by atoms with E-state index in [-0.39, 0.29) is 5.69 Å². The first-order valence-electron chi connectivity index (χ1n) is 7.95. The van der Waals surface area contributed by atoms with Gasteiger partial charge in [0.1, 0.15) is 5.75 Å². The molecule has 26 heavy (non-hydrogen) atoms. The lowest BCUT2D eigenvalue weighted by Crippen LogP contribution is -2.00. The largest absolute Gasteiger partial charge is 0.494 e. The van der Waals surface area contributed by atoms with Gasteiger partial charge < -0.3 is 9.30 Å². The van der Waals surface area contributed by atoms with Gasteiger partial charge in [0.05, 0.1) is 11.5 Å². The van der Waals surface area contributed by atoms with Gasteiger partial charge in [0.25, 0.3) is 5.69 Å². The second kappa shape index (κ2) is 8.43. The maximum Gasteiger partial charge on any atom is 0.269 e. The predicted molar refractivity (Wildman–Crippen MR) is 98.2 cm³/mol. The molecule has 0 aliphatic heterocycles. The number of hydrogen-bond donors (Lipinski definition) is 0. The van der Waals surface area contributed by atoms with E-state index in [0.29, 0.717) is 12.4 Å². The normalized spacial score (nSPS) is 10.7. The molecule has 0 aliphatic carbocycles. The molecule has 3 rings (SSSR count). The van der Waals surface area contributed by atoms with E-state index in [1.54, 1.807) is 36.3 Å². The first-order valence-corrected chi connectivity index (χ1v) is 8.93. The molecule has 0 atom stereocenters. The van der Waals surface area contributed by atoms with E-state index < -0.39 is 4.92 Å². The van der Waals surface area contributed by atoms with Crippen molar-refractivity contribution in [2.24, 2.45) is 7.05 Å². The van der Waals surface area contributed by atoms with Gasteiger partial charge in [-0.3, -0.25) is 15.1 Å². The number of thioether (sulfide) groups is 1. The van der Waals surface area contributed by atoms with Crippen molar-refractivity contribution >= 4 is 17.4 Å². The first-order chi connectivity index (χ1) is 12.6. The van der Waals surface area contributed by atoms with E-state index >= 15 is 0 Å². The van der Waals surface area contributed by atoms with E-state index in [1.807, 2.05) is 23.7 Å². The number of nitro benzene ring substituents is 1. The van der Waals surface area contributed by atoms with Crippen molar-refractivity contribution in [1.29, 1.82) is 0 Å². The number of ether oxygens (including phenoxy) is 1. The summed E-state index contributed by atoms with van der Waals surface area (Å²) >= 11 is 1.60. The van der Waals surface area contributed by atoms with Gasteiger partial charge in [-0.25, -0.2) is 0 Å². The lowest BCUT2D eigenvalue weighted by molar-refractivity contribution is -0.384. The minimum atomic E-state index is -0.429. The summed E-state index contributed by atoms with van der Waals surface area (Å²) in [5.74, 6) is 2.23. The van der Waals surface area contributed by atoms with Crippen molar-refractivity contribution in [2.45, 2.75) is 11.6 Å². The maximum atomic E-state index is 10.6. The van der Waals surface area contributed by atoms with Crippen LogP contribution in [-0.2, 0) is 7.05 Å². The number of hydrogen-bond acceptors (Lipinski definition) is 7. The van der Waals surface area contributed by atoms with Crippen LogP contribution in [0.25, 0.3) is 11.4 Å². The molecule has 3 aromatic rings. The van der Waals surface area contributed by atoms with E-state index in [9.17, 15) is 10.1 Å². The Bertz CT molecular complexity index is 868. The van der Waals surface area contributed by atoms with Crippen molar-refractivity contribution in [3.05, 3.63) is 58.9 Å². The van der Waals surface area contributed by atoms with Crippen LogP contribution < -0.4 is 4.74 Å². The zero-order chi connectivity index (χ0) is 18.4. The topological polar surface area (TPSA) is 96.0 Å². The molecule has 9 heteroatoms. The Labute approximate surface area is 154 Å². The molecule has 0 saturated heterocycles. The Kier molecular flexibility index (Phi) is 5.80. The summed E-state index contributed by atoms with van der Waals surface area (Å²) in [6.07, 6.45) is 4.30. The lowest BCUT2D eigenvalue weighted by atomic mass is 10.3. The average Bonchev–Trinajstić information content (AvgIpc) is 3.03. The third-order valence-electron chi connectivity index (χ3n) is 3.59. The summed E-state index contributed by atoms with van der Waals surface area (Å²) in [6.45, 7) is 0.526. The quantitative estimate of drug-likeness (QED) is 0.259. The van der Waals surface area contributed by atoms with Crippen LogP contribution in [0.15, 0.2) is 53.9 Å². The molecule has 2 heterocycles. The predicted octanol–water partition coefficient (Wildman–Crippen LogP) is 3.35. The summed E-state index contributed by atoms with van der Waals surface area (Å²) in [5.41, 5.74) is 0.982. The molecular weight excluding hydrogens is 354 g/mol. The van der Waals surface area contributed by atoms with Crippen LogP contribution in [0.1, 0.15) is 6.42 Å². The Hall–Kier alpha value is -2.94. The lowest BCUT2D eigenvalue weighted by Gasteiger charge is -2.06. The van der Waals surface area contributed by atoms with E-state index in [0.717, 1.165) is 28.7 Å². The van der Waals surface area contributed by atoms with Gasteiger partial charge in [-0.15, -0.1) is 10.2 Å². The van der Waals surface area contributed by atoms with Crippen LogP contribution >= 0.6 is 11.8 Å². The van der Waals surface area contributed by atoms with E-state index in [2.05, 4.69) is 15.2 Å². The van der Waals surface area contributed by atoms with Crippen molar-refractivity contribution < 1.29 is 9.66 Å². The smallest absolute Gasteiger partial charge is 0.269 e. The van der Waals surface area contributed by atoms with Gasteiger partial charge in [0.15, 0.2) is 11.0 Å². The highest BCUT2D eigenvalue weighted by Gasteiger charge is 2.11. The van der Waals surface area contributed by atoms with Gasteiger partial charge in [0.2, 0.25) is 0 Å². The molecule has 0 amide bonds. The number of pyridine rings is 1. The second-order valence-corrected chi connectivity index (χ2v) is 6.47. The maximum absolute atomic E-state index is 10.6. The number of nitro groups is 1. The summed E-state index contributed by atoms with van der Waals surface area (Å²) in [6, 6.07) is 9.89. The first kappa shape index (κ1) is 17.9. The number of benzene rings is 1. The van der Waals surface area contributed by atoms with Crippen LogP contribution in [0.5, 0.6) is 5.75 Å². The van der Waals surface area contributed by atoms with E-state index in [1.165, 1.54) is 12.1 Å². The zero-order valence-corrected chi connectivity index (χ0v) is 14.9. The van der Waals surface area contributed by atoms with Crippen molar-refractivity contribution in [1.82, 2.24) is 19.7 Å². The van der Waals surface area contributed by atoms with Crippen LogP contribution in [0, 0.1) is 10.1 Å². The molecule has 0 spiro atoms. The highest BCUT2D eigenvalue weighted by atomic mass is 32.2. The van der Waals surface area contributed by atoms with Crippen molar-refractivity contribution in [2.75, 3.05) is 12.4 Å². The zero-order valence-electron chi connectivity index (χ0n) is 14.1. The van der Waals surface area contributed by atoms with Crippen LogP contribution in [0.3, 0.4) is 0 Å². The van der Waals surface area contributed by atoms with E-state index in [4.69, 9.17) is 4.74 Å². The van der Waals surface area contributed by atoms with Crippen molar-refractivity contribution in [3.8, 4) is 17.1 Å². The molecule has 0 saturated carbocycles. The molecule has 8 nitrogen and oxygen atoms in total. The highest BCUT2D eigenvalue weighted by molar-refractivity contribution is 7.99. The molecule has 0 radical (unpaired) electrons. The SMILES string of the molecule is Cn1c(SCCCOc2ccc([N+](=O)[O-])cc2)nnc1-c1cccnc1. The van der Waals surface area contributed by atoms with Gasteiger partial charge in [-0.05, 0) is 30.7 Å². The summed E-state index contributed by atoms with van der Waals surface area (Å²) < 4.78 is 7.54. The average molecular weight is 371 g/mol. The fourth-order valence-corrected chi connectivity index (χ4v) is 3.09. The molecule has 0 fully saturated rings. The third-order valence-corrected chi connectivity index (χ3v) is 4.70. The Morgan fingerprint density at radius 2 is 2.04 bits per heavy atom. The van der Waals surface area contributed by atoms with Gasteiger partial charge in [-0.2, -0.15) is 0 Å². The Morgan fingerprint density at radius 3 is 2.73 bits per heavy atom. The molecular formula is C17H17N5O3S. The van der Waals surface area contributed by atoms with Crippen molar-refractivity contribution in [3.63, 3.8) is 0 Å². The second-order valence-electron chi connectivity index (χ2n) is 5.41. The van der Waals surface area contributed by atoms with Gasteiger partial charge in [0, 0.05) is 42.9 Å². The van der Waals surface area contributed by atoms with Gasteiger partial charge >= 0.3 is 0 Å². The number of aromatic nitrogens is 4. The molecule has 0 bridgehead atoms. The van der Waals surface area contributed by atoms with Gasteiger partial charge in [-0.1, -0.05) is 11.8 Å². The Morgan fingerprint density at radius 1 is 1.23 bits per heavy atom. The summed E-state index contributed by atoms with van der Waals surface area (Å²) in [7, 11) is 1.93. The molecule has 0 N–H and O–H groups in total. The van der Waals surface area contributed by atoms with Crippen LogP contribution in [-0.4, -0.2) is 37.0 Å². The minimum Gasteiger partial charge on any atom is -0.494 e. The van der Waals surface area contributed by atoms with Crippen LogP contribution in [0.2, 0.25) is 0 Å². The standard InChI is InChI=1S/C17H17N5O3S/c1-21-16(13-4-2-9-18-12-13)19-20-17(21)26-11-3-10-25-15-7-5-14(6-8-15)22(23)24/h2,4-9,12H,3,10-11H2,1H3. The minimum absolute atomic E-state index is 0.0552. The molecule has 0 unspecified atom stereocenters. The molecule has 0 aliphatic rings. The fourth-order valence-electron chi connectivity index (χ4n) is 2.26. The molecule has 2 aromatic heterocycles. The monoisotopic (exact) mass is 371 g/mol. The highest BCUT2D eigenvalue weighted by Crippen LogP contribution is 2.22. The Balaban J connectivity index is 1.45. The number of nitrogens with zero attached hydrogens (tertiary/aromatic N) is 5. The summed E-state index contributed by atoms with van der Waals surface area (Å²) in [5, 5.41) is 19.9. The number of rotatable bonds is 8. The van der Waals surface area contributed by atoms with Crippen LogP contribution in [0.4, 0.5) is 5.69 Å².